The lowest BCUT2D eigenvalue weighted by molar-refractivity contribution is -0.151. The number of rotatable bonds is 3. The van der Waals surface area contributed by atoms with Gasteiger partial charge in [-0.1, -0.05) is 38.1 Å². The van der Waals surface area contributed by atoms with Gasteiger partial charge in [-0.15, -0.1) is 0 Å². The Balaban J connectivity index is 0.00000141. The smallest absolute Gasteiger partial charge is 0.450 e. The summed E-state index contributed by atoms with van der Waals surface area (Å²) in [5, 5.41) is 2.34. The molecule has 2 aromatic heterocycles. The van der Waals surface area contributed by atoms with Crippen LogP contribution in [0.5, 0.6) is 0 Å². The lowest BCUT2D eigenvalue weighted by atomic mass is 10.1. The van der Waals surface area contributed by atoms with Gasteiger partial charge < -0.3 is 9.73 Å². The van der Waals surface area contributed by atoms with Gasteiger partial charge in [-0.25, -0.2) is 13.8 Å². The number of para-hydroxylation sites is 1. The average Bonchev–Trinajstić information content (AvgIpc) is 3.16. The highest BCUT2D eigenvalue weighted by Crippen LogP contribution is 2.42. The highest BCUT2D eigenvalue weighted by atomic mass is 19.4. The van der Waals surface area contributed by atoms with E-state index in [9.17, 15) is 26.7 Å². The van der Waals surface area contributed by atoms with E-state index in [1.54, 1.807) is 6.07 Å². The molecule has 2 heterocycles. The molecular weight excluding hydrogens is 433 g/mol. The fraction of sp³-hybridized carbons (Fsp3) is 0.136. The summed E-state index contributed by atoms with van der Waals surface area (Å²) in [6.07, 6.45) is -2.79. The van der Waals surface area contributed by atoms with E-state index in [1.165, 1.54) is 18.2 Å². The Kier molecular flexibility index (Phi) is 6.52. The third-order valence-electron chi connectivity index (χ3n) is 4.19. The highest BCUT2D eigenvalue weighted by Gasteiger charge is 2.40. The van der Waals surface area contributed by atoms with Gasteiger partial charge in [0.1, 0.15) is 22.8 Å². The Bertz CT molecular complexity index is 1230. The van der Waals surface area contributed by atoms with E-state index in [2.05, 4.69) is 15.3 Å². The molecule has 2 aromatic carbocycles. The molecule has 0 aliphatic heterocycles. The van der Waals surface area contributed by atoms with Crippen LogP contribution in [-0.2, 0) is 6.18 Å². The van der Waals surface area contributed by atoms with Crippen molar-refractivity contribution in [1.82, 2.24) is 9.97 Å². The Morgan fingerprint density at radius 2 is 1.59 bits per heavy atom. The minimum absolute atomic E-state index is 0.0223. The number of anilines is 1. The van der Waals surface area contributed by atoms with Crippen molar-refractivity contribution in [3.05, 3.63) is 77.8 Å². The van der Waals surface area contributed by atoms with Crippen molar-refractivity contribution >= 4 is 22.7 Å². The third kappa shape index (κ3) is 4.43. The van der Waals surface area contributed by atoms with E-state index in [4.69, 9.17) is 4.42 Å². The normalized spacial score (nSPS) is 11.1. The first kappa shape index (κ1) is 22.9. The van der Waals surface area contributed by atoms with Crippen molar-refractivity contribution in [1.29, 1.82) is 0 Å². The summed E-state index contributed by atoms with van der Waals surface area (Å²) in [6, 6.07) is 8.84. The van der Waals surface area contributed by atoms with Crippen LogP contribution in [0, 0.1) is 11.6 Å². The summed E-state index contributed by atoms with van der Waals surface area (Å²) in [6.45, 7) is 4.00. The Morgan fingerprint density at radius 1 is 0.938 bits per heavy atom. The quantitative estimate of drug-likeness (QED) is 0.364. The Morgan fingerprint density at radius 3 is 2.19 bits per heavy atom. The number of carbonyl (C=O) groups is 1. The average molecular weight is 449 g/mol. The number of halogens is 5. The van der Waals surface area contributed by atoms with Crippen molar-refractivity contribution in [2.24, 2.45) is 0 Å². The second-order valence-electron chi connectivity index (χ2n) is 6.14. The summed E-state index contributed by atoms with van der Waals surface area (Å²) in [7, 11) is 0. The SMILES string of the molecule is CC.O=C(Nc1cnc(-c2c(C(F)(F)F)oc3ccccc23)cn1)c1c(F)cccc1F. The summed E-state index contributed by atoms with van der Waals surface area (Å²) in [5.41, 5.74) is -1.25. The molecule has 0 fully saturated rings. The van der Waals surface area contributed by atoms with Crippen LogP contribution in [0.15, 0.2) is 59.3 Å². The van der Waals surface area contributed by atoms with Gasteiger partial charge in [-0.05, 0) is 18.2 Å². The minimum Gasteiger partial charge on any atom is -0.451 e. The molecule has 0 saturated carbocycles. The summed E-state index contributed by atoms with van der Waals surface area (Å²) < 4.78 is 72.6. The molecule has 32 heavy (non-hydrogen) atoms. The van der Waals surface area contributed by atoms with Crippen LogP contribution >= 0.6 is 0 Å². The molecule has 0 aliphatic carbocycles. The van der Waals surface area contributed by atoms with Gasteiger partial charge in [0.2, 0.25) is 5.76 Å². The first-order valence-corrected chi connectivity index (χ1v) is 9.42. The molecule has 0 bridgehead atoms. The second-order valence-corrected chi connectivity index (χ2v) is 6.14. The number of furan rings is 1. The van der Waals surface area contributed by atoms with Gasteiger partial charge in [0.15, 0.2) is 5.82 Å². The van der Waals surface area contributed by atoms with Gasteiger partial charge in [-0.2, -0.15) is 13.2 Å². The monoisotopic (exact) mass is 449 g/mol. The molecule has 1 amide bonds. The molecule has 5 nitrogen and oxygen atoms in total. The molecule has 0 atom stereocenters. The Labute approximate surface area is 178 Å². The zero-order chi connectivity index (χ0) is 23.5. The number of aromatic nitrogens is 2. The van der Waals surface area contributed by atoms with Crippen molar-refractivity contribution in [2.45, 2.75) is 20.0 Å². The van der Waals surface area contributed by atoms with E-state index >= 15 is 0 Å². The minimum atomic E-state index is -4.77. The van der Waals surface area contributed by atoms with E-state index < -0.39 is 35.0 Å². The number of hydrogen-bond donors (Lipinski definition) is 1. The number of hydrogen-bond acceptors (Lipinski definition) is 4. The van der Waals surface area contributed by atoms with Gasteiger partial charge in [0.05, 0.1) is 23.7 Å². The Hall–Kier alpha value is -3.82. The van der Waals surface area contributed by atoms with Gasteiger partial charge in [0, 0.05) is 5.39 Å². The van der Waals surface area contributed by atoms with E-state index in [0.717, 1.165) is 30.6 Å². The molecule has 0 aliphatic rings. The van der Waals surface area contributed by atoms with Crippen LogP contribution in [0.25, 0.3) is 22.2 Å². The van der Waals surface area contributed by atoms with E-state index in [1.807, 2.05) is 13.8 Å². The number of fused-ring (bicyclic) bond motifs is 1. The predicted molar refractivity (Wildman–Crippen MR) is 108 cm³/mol. The van der Waals surface area contributed by atoms with Crippen molar-refractivity contribution in [3.8, 4) is 11.3 Å². The molecular formula is C22H16F5N3O2. The molecule has 1 N–H and O–H groups in total. The van der Waals surface area contributed by atoms with Gasteiger partial charge in [-0.3, -0.25) is 9.78 Å². The third-order valence-corrected chi connectivity index (χ3v) is 4.19. The summed E-state index contributed by atoms with van der Waals surface area (Å²) in [5.74, 6) is -4.69. The molecule has 0 saturated heterocycles. The number of nitrogens with one attached hydrogen (secondary N) is 1. The van der Waals surface area contributed by atoms with Crippen LogP contribution < -0.4 is 5.32 Å². The second kappa shape index (κ2) is 9.13. The van der Waals surface area contributed by atoms with Crippen LogP contribution in [0.4, 0.5) is 27.8 Å². The molecule has 4 aromatic rings. The molecule has 0 spiro atoms. The summed E-state index contributed by atoms with van der Waals surface area (Å²) >= 11 is 0. The predicted octanol–water partition coefficient (Wildman–Crippen LogP) is 6.47. The first-order valence-electron chi connectivity index (χ1n) is 9.42. The van der Waals surface area contributed by atoms with Crippen molar-refractivity contribution < 1.29 is 31.2 Å². The summed E-state index contributed by atoms with van der Waals surface area (Å²) in [4.78, 5) is 19.9. The van der Waals surface area contributed by atoms with Gasteiger partial charge >= 0.3 is 6.18 Å². The van der Waals surface area contributed by atoms with Crippen LogP contribution in [0.1, 0.15) is 30.0 Å². The molecule has 4 rings (SSSR count). The lowest BCUT2D eigenvalue weighted by Gasteiger charge is -2.08. The topological polar surface area (TPSA) is 68.0 Å². The highest BCUT2D eigenvalue weighted by molar-refractivity contribution is 6.04. The number of alkyl halides is 3. The molecule has 10 heteroatoms. The zero-order valence-corrected chi connectivity index (χ0v) is 16.8. The fourth-order valence-electron chi connectivity index (χ4n) is 2.91. The lowest BCUT2D eigenvalue weighted by Crippen LogP contribution is -2.16. The number of nitrogens with zero attached hydrogens (tertiary/aromatic N) is 2. The van der Waals surface area contributed by atoms with Crippen LogP contribution in [0.3, 0.4) is 0 Å². The number of carbonyl (C=O) groups excluding carboxylic acids is 1. The molecule has 0 radical (unpaired) electrons. The van der Waals surface area contributed by atoms with E-state index in [-0.39, 0.29) is 28.0 Å². The fourth-order valence-corrected chi connectivity index (χ4v) is 2.91. The molecule has 166 valence electrons. The molecule has 0 unspecified atom stereocenters. The number of amides is 1. The maximum absolute atomic E-state index is 13.7. The van der Waals surface area contributed by atoms with Gasteiger partial charge in [0.25, 0.3) is 5.91 Å². The van der Waals surface area contributed by atoms with Crippen molar-refractivity contribution in [2.75, 3.05) is 5.32 Å². The maximum atomic E-state index is 13.7. The van der Waals surface area contributed by atoms with E-state index in [0.29, 0.717) is 0 Å². The first-order chi connectivity index (χ1) is 15.3. The zero-order valence-electron chi connectivity index (χ0n) is 16.8. The maximum Gasteiger partial charge on any atom is 0.450 e. The largest absolute Gasteiger partial charge is 0.451 e. The van der Waals surface area contributed by atoms with Crippen molar-refractivity contribution in [3.63, 3.8) is 0 Å². The van der Waals surface area contributed by atoms with Crippen LogP contribution in [0.2, 0.25) is 0 Å². The standard InChI is InChI=1S/C20H10F5N3O2.C2H6/c21-11-5-3-6-12(22)17(11)19(29)28-15-9-26-13(8-27-15)16-10-4-1-2-7-14(10)30-18(16)20(23,24)25;1-2/h1-9H,(H,27,28,29);1-2H3. The number of benzene rings is 2. The van der Waals surface area contributed by atoms with Crippen LogP contribution in [-0.4, -0.2) is 15.9 Å².